The zero-order valence-corrected chi connectivity index (χ0v) is 16.4. The molecule has 0 aliphatic carbocycles. The lowest BCUT2D eigenvalue weighted by Gasteiger charge is -2.34. The first-order chi connectivity index (χ1) is 13.5. The number of non-ortho nitro benzene ring substituents is 1. The van der Waals surface area contributed by atoms with E-state index in [-0.39, 0.29) is 30.4 Å². The number of carbonyl (C=O) groups excluding carboxylic acids is 1. The lowest BCUT2D eigenvalue weighted by Crippen LogP contribution is -2.51. The smallest absolute Gasteiger partial charge is 0.414 e. The van der Waals surface area contributed by atoms with Gasteiger partial charge in [-0.2, -0.15) is 4.31 Å². The van der Waals surface area contributed by atoms with E-state index in [0.29, 0.717) is 25.1 Å². The monoisotopic (exact) mass is 431 g/mol. The molecule has 13 heteroatoms. The van der Waals surface area contributed by atoms with Gasteiger partial charge < -0.3 is 15.1 Å². The molecule has 0 unspecified atom stereocenters. The average molecular weight is 431 g/mol. The summed E-state index contributed by atoms with van der Waals surface area (Å²) in [6, 6.07) is 5.41. The number of rotatable bonds is 5. The molecule has 0 radical (unpaired) electrons. The second-order valence-corrected chi connectivity index (χ2v) is 8.01. The van der Waals surface area contributed by atoms with Gasteiger partial charge in [-0.1, -0.05) is 6.92 Å². The van der Waals surface area contributed by atoms with Gasteiger partial charge in [-0.15, -0.1) is 0 Å². The topological polar surface area (TPSA) is 175 Å². The van der Waals surface area contributed by atoms with Crippen LogP contribution in [0.3, 0.4) is 0 Å². The van der Waals surface area contributed by atoms with Crippen LogP contribution < -0.4 is 0 Å². The third kappa shape index (κ3) is 7.12. The van der Waals surface area contributed by atoms with Crippen molar-refractivity contribution in [2.24, 2.45) is 0 Å². The number of amides is 1. The highest BCUT2D eigenvalue weighted by molar-refractivity contribution is 7.89. The predicted octanol–water partition coefficient (Wildman–Crippen LogP) is 0.248. The fraction of sp³-hybridized carbons (Fsp3) is 0.438. The van der Waals surface area contributed by atoms with Crippen molar-refractivity contribution in [2.75, 3.05) is 31.9 Å². The lowest BCUT2D eigenvalue weighted by molar-refractivity contribution is -0.384. The van der Waals surface area contributed by atoms with Crippen molar-refractivity contribution < 1.29 is 37.9 Å². The van der Waals surface area contributed by atoms with Gasteiger partial charge in [-0.05, 0) is 18.6 Å². The quantitative estimate of drug-likeness (QED) is 0.376. The van der Waals surface area contributed by atoms with Crippen LogP contribution in [0.2, 0.25) is 0 Å². The van der Waals surface area contributed by atoms with Crippen LogP contribution in [-0.2, 0) is 19.6 Å². The van der Waals surface area contributed by atoms with E-state index >= 15 is 0 Å². The summed E-state index contributed by atoms with van der Waals surface area (Å²) in [6.07, 6.45) is 0.560. The third-order valence-corrected chi connectivity index (χ3v) is 5.97. The maximum absolute atomic E-state index is 12.4. The minimum absolute atomic E-state index is 0.0722. The van der Waals surface area contributed by atoms with E-state index in [2.05, 4.69) is 0 Å². The summed E-state index contributed by atoms with van der Waals surface area (Å²) in [5, 5.41) is 25.4. The molecule has 2 N–H and O–H groups in total. The molecule has 0 atom stereocenters. The highest BCUT2D eigenvalue weighted by atomic mass is 32.2. The molecule has 1 aliphatic heterocycles. The van der Waals surface area contributed by atoms with Crippen molar-refractivity contribution in [1.29, 1.82) is 0 Å². The molecule has 29 heavy (non-hydrogen) atoms. The molecule has 1 aliphatic rings. The van der Waals surface area contributed by atoms with Crippen LogP contribution in [0.4, 0.5) is 5.69 Å². The Kier molecular flexibility index (Phi) is 8.66. The number of aliphatic carboxylic acids is 2. The van der Waals surface area contributed by atoms with E-state index in [1.54, 1.807) is 4.90 Å². The molecule has 2 rings (SSSR count). The Hall–Kier alpha value is -3.06. The summed E-state index contributed by atoms with van der Waals surface area (Å²) in [6.45, 7) is 3.01. The maximum atomic E-state index is 12.4. The van der Waals surface area contributed by atoms with Gasteiger partial charge in [0.05, 0.1) is 10.7 Å². The number of nitrogens with zero attached hydrogens (tertiary/aromatic N) is 3. The van der Waals surface area contributed by atoms with Crippen molar-refractivity contribution >= 4 is 33.6 Å². The Bertz CT molecular complexity index is 848. The van der Waals surface area contributed by atoms with Gasteiger partial charge in [-0.25, -0.2) is 18.0 Å². The summed E-state index contributed by atoms with van der Waals surface area (Å²) in [5.41, 5.74) is 0.289. The van der Waals surface area contributed by atoms with Gasteiger partial charge in [0.2, 0.25) is 10.0 Å². The Balaban J connectivity index is 0.000000612. The highest BCUT2D eigenvalue weighted by Gasteiger charge is 2.28. The zero-order valence-electron chi connectivity index (χ0n) is 15.6. The Morgan fingerprint density at radius 1 is 1.03 bits per heavy atom. The first kappa shape index (κ1) is 24.0. The molecule has 1 fully saturated rings. The number of hydrogen-bond donors (Lipinski definition) is 2. The standard InChI is InChI=1S/C14H19N3O5S.C2H2O4/c1-2-11-23(21,22)16-9-7-15(8-10-16)14(18)12-3-5-13(6-4-12)17(19)20;3-1(4)2(5)6/h3-6H,2,7-11H2,1H3;(H,3,4)(H,5,6). The SMILES string of the molecule is CCCS(=O)(=O)N1CCN(C(=O)c2ccc([N+](=O)[O-])cc2)CC1.O=C(O)C(=O)O. The van der Waals surface area contributed by atoms with Crippen LogP contribution in [0.25, 0.3) is 0 Å². The van der Waals surface area contributed by atoms with Crippen LogP contribution in [-0.4, -0.2) is 82.5 Å². The second-order valence-electron chi connectivity index (χ2n) is 5.92. The van der Waals surface area contributed by atoms with Crippen molar-refractivity contribution in [1.82, 2.24) is 9.21 Å². The molecule has 0 spiro atoms. The molecule has 0 saturated carbocycles. The number of carboxylic acids is 2. The molecular weight excluding hydrogens is 410 g/mol. The minimum Gasteiger partial charge on any atom is -0.473 e. The van der Waals surface area contributed by atoms with E-state index in [1.165, 1.54) is 28.6 Å². The van der Waals surface area contributed by atoms with Crippen LogP contribution >= 0.6 is 0 Å². The average Bonchev–Trinajstić information content (AvgIpc) is 2.68. The van der Waals surface area contributed by atoms with E-state index in [4.69, 9.17) is 19.8 Å². The normalized spacial score (nSPS) is 14.4. The highest BCUT2D eigenvalue weighted by Crippen LogP contribution is 2.16. The van der Waals surface area contributed by atoms with Crippen LogP contribution in [0, 0.1) is 10.1 Å². The number of nitro groups is 1. The molecular formula is C16H21N3O9S. The summed E-state index contributed by atoms with van der Waals surface area (Å²) < 4.78 is 25.4. The molecule has 1 aromatic rings. The molecule has 160 valence electrons. The number of carboxylic acid groups (broad SMARTS) is 2. The summed E-state index contributed by atoms with van der Waals surface area (Å²) >= 11 is 0. The first-order valence-electron chi connectivity index (χ1n) is 8.47. The van der Waals surface area contributed by atoms with E-state index in [1.807, 2.05) is 6.92 Å². The van der Waals surface area contributed by atoms with Gasteiger partial charge in [0, 0.05) is 43.9 Å². The van der Waals surface area contributed by atoms with Crippen molar-refractivity contribution in [3.8, 4) is 0 Å². The van der Waals surface area contributed by atoms with Gasteiger partial charge in [-0.3, -0.25) is 14.9 Å². The van der Waals surface area contributed by atoms with Gasteiger partial charge >= 0.3 is 11.9 Å². The number of nitro benzene ring substituents is 1. The predicted molar refractivity (Wildman–Crippen MR) is 99.9 cm³/mol. The number of piperazine rings is 1. The molecule has 0 aromatic heterocycles. The Morgan fingerprint density at radius 3 is 1.90 bits per heavy atom. The van der Waals surface area contributed by atoms with Gasteiger partial charge in [0.15, 0.2) is 0 Å². The number of carbonyl (C=O) groups is 3. The van der Waals surface area contributed by atoms with E-state index in [9.17, 15) is 23.3 Å². The van der Waals surface area contributed by atoms with E-state index in [0.717, 1.165) is 0 Å². The zero-order chi connectivity index (χ0) is 22.2. The molecule has 1 aromatic carbocycles. The molecule has 12 nitrogen and oxygen atoms in total. The van der Waals surface area contributed by atoms with Crippen LogP contribution in [0.5, 0.6) is 0 Å². The van der Waals surface area contributed by atoms with Gasteiger partial charge in [0.1, 0.15) is 0 Å². The molecule has 1 amide bonds. The summed E-state index contributed by atoms with van der Waals surface area (Å²) in [5.74, 6) is -3.78. The third-order valence-electron chi connectivity index (χ3n) is 3.89. The van der Waals surface area contributed by atoms with Crippen molar-refractivity contribution in [3.63, 3.8) is 0 Å². The van der Waals surface area contributed by atoms with Crippen LogP contribution in [0.1, 0.15) is 23.7 Å². The molecule has 1 heterocycles. The Morgan fingerprint density at radius 2 is 1.52 bits per heavy atom. The summed E-state index contributed by atoms with van der Waals surface area (Å²) in [4.78, 5) is 42.2. The number of hydrogen-bond acceptors (Lipinski definition) is 7. The van der Waals surface area contributed by atoms with Crippen molar-refractivity contribution in [2.45, 2.75) is 13.3 Å². The fourth-order valence-electron chi connectivity index (χ4n) is 2.46. The first-order valence-corrected chi connectivity index (χ1v) is 10.1. The number of sulfonamides is 1. The lowest BCUT2D eigenvalue weighted by atomic mass is 10.1. The largest absolute Gasteiger partial charge is 0.473 e. The molecule has 0 bridgehead atoms. The second kappa shape index (κ2) is 10.5. The van der Waals surface area contributed by atoms with Crippen molar-refractivity contribution in [3.05, 3.63) is 39.9 Å². The Labute approximate surface area is 166 Å². The minimum atomic E-state index is -3.24. The summed E-state index contributed by atoms with van der Waals surface area (Å²) in [7, 11) is -3.24. The maximum Gasteiger partial charge on any atom is 0.414 e. The van der Waals surface area contributed by atoms with E-state index < -0.39 is 26.9 Å². The number of benzene rings is 1. The van der Waals surface area contributed by atoms with Gasteiger partial charge in [0.25, 0.3) is 11.6 Å². The molecule has 1 saturated heterocycles. The van der Waals surface area contributed by atoms with Crippen LogP contribution in [0.15, 0.2) is 24.3 Å². The fourth-order valence-corrected chi connectivity index (χ4v) is 3.96.